The van der Waals surface area contributed by atoms with Crippen molar-refractivity contribution in [2.24, 2.45) is 0 Å². The molecule has 0 spiro atoms. The Hall–Kier alpha value is -3.19. The van der Waals surface area contributed by atoms with Crippen molar-refractivity contribution < 1.29 is 14.3 Å². The lowest BCUT2D eigenvalue weighted by atomic mass is 10.1. The molecule has 0 radical (unpaired) electrons. The molecule has 0 aliphatic carbocycles. The Morgan fingerprint density at radius 3 is 2.46 bits per heavy atom. The number of rotatable bonds is 5. The molecule has 6 nitrogen and oxygen atoms in total. The molecule has 0 bridgehead atoms. The molecule has 1 aromatic heterocycles. The van der Waals surface area contributed by atoms with Crippen LogP contribution >= 0.6 is 11.3 Å². The van der Waals surface area contributed by atoms with E-state index in [9.17, 15) is 9.59 Å². The first-order valence-electron chi connectivity index (χ1n) is 8.02. The summed E-state index contributed by atoms with van der Waals surface area (Å²) in [7, 11) is 0. The molecule has 2 aromatic carbocycles. The van der Waals surface area contributed by atoms with E-state index in [4.69, 9.17) is 0 Å². The van der Waals surface area contributed by atoms with Crippen molar-refractivity contribution in [3.05, 3.63) is 60.0 Å². The third-order valence-corrected chi connectivity index (χ3v) is 4.19. The average molecular weight is 367 g/mol. The van der Waals surface area contributed by atoms with Crippen LogP contribution in [0.25, 0.3) is 11.3 Å². The number of esters is 1. The summed E-state index contributed by atoms with van der Waals surface area (Å²) in [6, 6.07) is 16.9. The van der Waals surface area contributed by atoms with Gasteiger partial charge in [0.25, 0.3) is 0 Å². The molecule has 3 rings (SSSR count). The molecule has 0 saturated heterocycles. The Morgan fingerprint density at radius 1 is 1.04 bits per heavy atom. The van der Waals surface area contributed by atoms with E-state index >= 15 is 0 Å². The molecule has 0 saturated carbocycles. The Labute approximate surface area is 154 Å². The van der Waals surface area contributed by atoms with E-state index in [2.05, 4.69) is 20.4 Å². The minimum Gasteiger partial charge on any atom is -0.459 e. The summed E-state index contributed by atoms with van der Waals surface area (Å²) in [5, 5.41) is 8.51. The van der Waals surface area contributed by atoms with Crippen molar-refractivity contribution in [2.45, 2.75) is 6.92 Å². The summed E-state index contributed by atoms with van der Waals surface area (Å²) in [6.45, 7) is 1.81. The third-order valence-electron chi connectivity index (χ3n) is 3.43. The Morgan fingerprint density at radius 2 is 1.77 bits per heavy atom. The van der Waals surface area contributed by atoms with E-state index in [1.165, 1.54) is 11.3 Å². The van der Waals surface area contributed by atoms with Gasteiger partial charge in [-0.15, -0.1) is 11.3 Å². The number of ether oxygens (including phenoxy) is 1. The van der Waals surface area contributed by atoms with Crippen LogP contribution in [0.15, 0.2) is 60.0 Å². The molecule has 26 heavy (non-hydrogen) atoms. The van der Waals surface area contributed by atoms with Gasteiger partial charge in [-0.2, -0.15) is 0 Å². The lowest BCUT2D eigenvalue weighted by Crippen LogP contribution is -2.24. The zero-order valence-corrected chi connectivity index (χ0v) is 14.9. The topological polar surface area (TPSA) is 80.3 Å². The minimum absolute atomic E-state index is 0.161. The highest BCUT2D eigenvalue weighted by Crippen LogP contribution is 2.27. The molecule has 0 aliphatic heterocycles. The number of benzene rings is 2. The van der Waals surface area contributed by atoms with Crippen LogP contribution in [0.2, 0.25) is 0 Å². The van der Waals surface area contributed by atoms with Gasteiger partial charge in [0.15, 0.2) is 5.13 Å². The van der Waals surface area contributed by atoms with Crippen molar-refractivity contribution in [3.8, 4) is 11.3 Å². The molecule has 1 heterocycles. The zero-order valence-electron chi connectivity index (χ0n) is 14.1. The fourth-order valence-corrected chi connectivity index (χ4v) is 2.95. The second-order valence-corrected chi connectivity index (χ2v) is 6.14. The SMILES string of the molecule is CCOC(=O)C(=O)Nc1ccc(-c2csc(Nc3ccccc3)n2)cc1. The molecule has 0 fully saturated rings. The van der Waals surface area contributed by atoms with Gasteiger partial charge in [0.05, 0.1) is 12.3 Å². The van der Waals surface area contributed by atoms with Gasteiger partial charge in [-0.05, 0) is 31.2 Å². The van der Waals surface area contributed by atoms with Crippen molar-refractivity contribution in [1.82, 2.24) is 4.98 Å². The van der Waals surface area contributed by atoms with Gasteiger partial charge in [0.1, 0.15) is 0 Å². The van der Waals surface area contributed by atoms with Crippen LogP contribution in [0.5, 0.6) is 0 Å². The molecule has 0 atom stereocenters. The molecule has 3 aromatic rings. The summed E-state index contributed by atoms with van der Waals surface area (Å²) in [4.78, 5) is 27.5. The highest BCUT2D eigenvalue weighted by molar-refractivity contribution is 7.14. The summed E-state index contributed by atoms with van der Waals surface area (Å²) in [5.74, 6) is -1.68. The van der Waals surface area contributed by atoms with E-state index in [0.29, 0.717) is 5.69 Å². The van der Waals surface area contributed by atoms with Gasteiger partial charge < -0.3 is 15.4 Å². The van der Waals surface area contributed by atoms with Crippen molar-refractivity contribution in [3.63, 3.8) is 0 Å². The number of carbonyl (C=O) groups is 2. The van der Waals surface area contributed by atoms with Gasteiger partial charge in [0, 0.05) is 22.3 Å². The van der Waals surface area contributed by atoms with Crippen molar-refractivity contribution in [1.29, 1.82) is 0 Å². The molecule has 1 amide bonds. The lowest BCUT2D eigenvalue weighted by molar-refractivity contribution is -0.152. The second kappa shape index (κ2) is 8.26. The second-order valence-electron chi connectivity index (χ2n) is 5.28. The van der Waals surface area contributed by atoms with Gasteiger partial charge in [-0.3, -0.25) is 4.79 Å². The van der Waals surface area contributed by atoms with Crippen LogP contribution in [-0.2, 0) is 14.3 Å². The van der Waals surface area contributed by atoms with E-state index < -0.39 is 11.9 Å². The molecule has 0 aliphatic rings. The fourth-order valence-electron chi connectivity index (χ4n) is 2.21. The smallest absolute Gasteiger partial charge is 0.397 e. The first-order valence-corrected chi connectivity index (χ1v) is 8.90. The molecule has 2 N–H and O–H groups in total. The van der Waals surface area contributed by atoms with Crippen molar-refractivity contribution >= 4 is 39.7 Å². The van der Waals surface area contributed by atoms with Crippen LogP contribution in [0.1, 0.15) is 6.92 Å². The normalized spacial score (nSPS) is 10.2. The minimum atomic E-state index is -0.896. The maximum Gasteiger partial charge on any atom is 0.397 e. The average Bonchev–Trinajstić information content (AvgIpc) is 3.12. The molecule has 0 unspecified atom stereocenters. The molecule has 132 valence electrons. The van der Waals surface area contributed by atoms with E-state index in [1.807, 2.05) is 47.8 Å². The number of para-hydroxylation sites is 1. The van der Waals surface area contributed by atoms with E-state index in [0.717, 1.165) is 22.1 Å². The van der Waals surface area contributed by atoms with Crippen molar-refractivity contribution in [2.75, 3.05) is 17.2 Å². The number of nitrogens with zero attached hydrogens (tertiary/aromatic N) is 1. The monoisotopic (exact) mass is 367 g/mol. The van der Waals surface area contributed by atoms with Crippen LogP contribution in [0.4, 0.5) is 16.5 Å². The number of aromatic nitrogens is 1. The standard InChI is InChI=1S/C19H17N3O3S/c1-2-25-18(24)17(23)20-15-10-8-13(9-11-15)16-12-26-19(22-16)21-14-6-4-3-5-7-14/h3-12H,2H2,1H3,(H,20,23)(H,21,22). The zero-order chi connectivity index (χ0) is 18.4. The predicted molar refractivity (Wildman–Crippen MR) is 103 cm³/mol. The lowest BCUT2D eigenvalue weighted by Gasteiger charge is -2.05. The predicted octanol–water partition coefficient (Wildman–Crippen LogP) is 4.06. The van der Waals surface area contributed by atoms with E-state index in [-0.39, 0.29) is 6.61 Å². The summed E-state index contributed by atoms with van der Waals surface area (Å²) >= 11 is 1.51. The number of hydrogen-bond donors (Lipinski definition) is 2. The molecular weight excluding hydrogens is 350 g/mol. The Bertz CT molecular complexity index is 892. The fraction of sp³-hybridized carbons (Fsp3) is 0.105. The van der Waals surface area contributed by atoms with Crippen LogP contribution in [-0.4, -0.2) is 23.5 Å². The number of anilines is 3. The highest BCUT2D eigenvalue weighted by Gasteiger charge is 2.14. The maximum atomic E-state index is 11.6. The summed E-state index contributed by atoms with van der Waals surface area (Å²) in [5.41, 5.74) is 3.24. The maximum absolute atomic E-state index is 11.6. The number of carbonyl (C=O) groups excluding carboxylic acids is 2. The highest BCUT2D eigenvalue weighted by atomic mass is 32.1. The number of nitrogens with one attached hydrogen (secondary N) is 2. The quantitative estimate of drug-likeness (QED) is 0.525. The number of thiazole rings is 1. The Kier molecular flexibility index (Phi) is 5.60. The first-order chi connectivity index (χ1) is 12.7. The van der Waals surface area contributed by atoms with Gasteiger partial charge >= 0.3 is 11.9 Å². The number of amides is 1. The first kappa shape index (κ1) is 17.6. The number of hydrogen-bond acceptors (Lipinski definition) is 6. The van der Waals surface area contributed by atoms with Gasteiger partial charge in [0.2, 0.25) is 0 Å². The molecule has 7 heteroatoms. The largest absolute Gasteiger partial charge is 0.459 e. The Balaban J connectivity index is 1.65. The summed E-state index contributed by atoms with van der Waals surface area (Å²) in [6.07, 6.45) is 0. The third kappa shape index (κ3) is 4.46. The van der Waals surface area contributed by atoms with Gasteiger partial charge in [-0.1, -0.05) is 30.3 Å². The molecular formula is C19H17N3O3S. The van der Waals surface area contributed by atoms with E-state index in [1.54, 1.807) is 19.1 Å². The van der Waals surface area contributed by atoms with Crippen LogP contribution in [0, 0.1) is 0 Å². The van der Waals surface area contributed by atoms with Crippen LogP contribution in [0.3, 0.4) is 0 Å². The van der Waals surface area contributed by atoms with Gasteiger partial charge in [-0.25, -0.2) is 9.78 Å². The summed E-state index contributed by atoms with van der Waals surface area (Å²) < 4.78 is 4.65. The van der Waals surface area contributed by atoms with Crippen LogP contribution < -0.4 is 10.6 Å².